The van der Waals surface area contributed by atoms with Gasteiger partial charge in [-0.25, -0.2) is 0 Å². The van der Waals surface area contributed by atoms with E-state index in [9.17, 15) is 0 Å². The fraction of sp³-hybridized carbons (Fsp3) is 0.167. The van der Waals surface area contributed by atoms with E-state index in [1.165, 1.54) is 0 Å². The number of halogens is 1. The van der Waals surface area contributed by atoms with Crippen molar-refractivity contribution in [3.05, 3.63) is 59.5 Å². The molecule has 0 N–H and O–H groups in total. The molecule has 1 atom stereocenters. The maximum Gasteiger partial charge on any atom is 0.126 e. The van der Waals surface area contributed by atoms with E-state index in [1.807, 2.05) is 49.4 Å². The highest BCUT2D eigenvalue weighted by Crippen LogP contribution is 2.29. The Morgan fingerprint density at radius 2 is 1.79 bits per heavy atom. The van der Waals surface area contributed by atoms with Crippen molar-refractivity contribution in [3.63, 3.8) is 0 Å². The van der Waals surface area contributed by atoms with Crippen LogP contribution >= 0.6 is 11.6 Å². The van der Waals surface area contributed by atoms with E-state index in [0.717, 1.165) is 17.1 Å². The molecule has 1 heterocycles. The zero-order chi connectivity index (χ0) is 9.97. The standard InChI is InChI=1S/C12H11ClO/c1-9-7-8-11(14-9)12(13)10-5-3-2-4-6-10/h2-8,12H,1H3. The second-order valence-corrected chi connectivity index (χ2v) is 3.66. The number of alkyl halides is 1. The van der Waals surface area contributed by atoms with Crippen molar-refractivity contribution in [2.75, 3.05) is 0 Å². The van der Waals surface area contributed by atoms with Crippen molar-refractivity contribution < 1.29 is 4.42 Å². The summed E-state index contributed by atoms with van der Waals surface area (Å²) in [6, 6.07) is 13.8. The molecule has 0 aliphatic carbocycles. The van der Waals surface area contributed by atoms with Gasteiger partial charge in [-0.2, -0.15) is 0 Å². The van der Waals surface area contributed by atoms with Gasteiger partial charge in [0.25, 0.3) is 0 Å². The van der Waals surface area contributed by atoms with E-state index in [-0.39, 0.29) is 5.38 Å². The second-order valence-electron chi connectivity index (χ2n) is 3.22. The third-order valence-corrected chi connectivity index (χ3v) is 2.57. The molecule has 0 radical (unpaired) electrons. The van der Waals surface area contributed by atoms with Gasteiger partial charge in [0.05, 0.1) is 0 Å². The van der Waals surface area contributed by atoms with Gasteiger partial charge in [0, 0.05) is 0 Å². The predicted octanol–water partition coefficient (Wildman–Crippen LogP) is 3.92. The minimum atomic E-state index is -0.190. The molecule has 1 aromatic heterocycles. The fourth-order valence-corrected chi connectivity index (χ4v) is 1.64. The predicted molar refractivity (Wildman–Crippen MR) is 57.6 cm³/mol. The van der Waals surface area contributed by atoms with Gasteiger partial charge in [0.15, 0.2) is 0 Å². The van der Waals surface area contributed by atoms with Gasteiger partial charge in [-0.1, -0.05) is 30.3 Å². The highest BCUT2D eigenvalue weighted by Gasteiger charge is 2.13. The van der Waals surface area contributed by atoms with E-state index in [1.54, 1.807) is 0 Å². The zero-order valence-corrected chi connectivity index (χ0v) is 8.66. The highest BCUT2D eigenvalue weighted by atomic mass is 35.5. The molecule has 72 valence electrons. The first-order valence-electron chi connectivity index (χ1n) is 4.53. The smallest absolute Gasteiger partial charge is 0.126 e. The van der Waals surface area contributed by atoms with Crippen LogP contribution in [0.4, 0.5) is 0 Å². The lowest BCUT2D eigenvalue weighted by Crippen LogP contribution is -1.89. The van der Waals surface area contributed by atoms with Gasteiger partial charge in [0.1, 0.15) is 16.9 Å². The zero-order valence-electron chi connectivity index (χ0n) is 7.91. The van der Waals surface area contributed by atoms with E-state index in [0.29, 0.717) is 0 Å². The lowest BCUT2D eigenvalue weighted by atomic mass is 10.1. The Morgan fingerprint density at radius 3 is 2.36 bits per heavy atom. The Hall–Kier alpha value is -1.21. The first-order chi connectivity index (χ1) is 6.77. The third-order valence-electron chi connectivity index (χ3n) is 2.10. The van der Waals surface area contributed by atoms with Crippen molar-refractivity contribution >= 4 is 11.6 Å². The third kappa shape index (κ3) is 1.83. The summed E-state index contributed by atoms with van der Waals surface area (Å²) < 4.78 is 5.47. The Kier molecular flexibility index (Phi) is 2.60. The molecule has 0 saturated heterocycles. The van der Waals surface area contributed by atoms with Crippen LogP contribution in [-0.2, 0) is 0 Å². The van der Waals surface area contributed by atoms with Gasteiger partial charge >= 0.3 is 0 Å². The van der Waals surface area contributed by atoms with Gasteiger partial charge in [0.2, 0.25) is 0 Å². The average molecular weight is 207 g/mol. The highest BCUT2D eigenvalue weighted by molar-refractivity contribution is 6.22. The molecular formula is C12H11ClO. The Balaban J connectivity index is 2.29. The Bertz CT molecular complexity index is 405. The molecule has 0 aliphatic heterocycles. The topological polar surface area (TPSA) is 13.1 Å². The van der Waals surface area contributed by atoms with Crippen LogP contribution in [0.5, 0.6) is 0 Å². The van der Waals surface area contributed by atoms with E-state index >= 15 is 0 Å². The molecule has 2 rings (SSSR count). The molecule has 1 aromatic carbocycles. The minimum absolute atomic E-state index is 0.190. The normalized spacial score (nSPS) is 12.7. The summed E-state index contributed by atoms with van der Waals surface area (Å²) in [6.45, 7) is 1.91. The molecule has 1 nitrogen and oxygen atoms in total. The molecule has 14 heavy (non-hydrogen) atoms. The van der Waals surface area contributed by atoms with E-state index in [2.05, 4.69) is 0 Å². The number of furan rings is 1. The molecule has 0 bridgehead atoms. The van der Waals surface area contributed by atoms with Crippen LogP contribution in [0.2, 0.25) is 0 Å². The maximum atomic E-state index is 6.25. The van der Waals surface area contributed by atoms with Gasteiger partial charge in [-0.15, -0.1) is 11.6 Å². The van der Waals surface area contributed by atoms with Crippen LogP contribution in [0.15, 0.2) is 46.9 Å². The molecule has 0 aliphatic rings. The summed E-state index contributed by atoms with van der Waals surface area (Å²) in [5.74, 6) is 1.69. The monoisotopic (exact) mass is 206 g/mol. The quantitative estimate of drug-likeness (QED) is 0.679. The van der Waals surface area contributed by atoms with Gasteiger partial charge in [-0.05, 0) is 24.6 Å². The summed E-state index contributed by atoms with van der Waals surface area (Å²) in [4.78, 5) is 0. The van der Waals surface area contributed by atoms with Crippen LogP contribution in [0.25, 0.3) is 0 Å². The number of hydrogen-bond donors (Lipinski definition) is 0. The fourth-order valence-electron chi connectivity index (χ4n) is 1.38. The van der Waals surface area contributed by atoms with Crippen molar-refractivity contribution in [2.24, 2.45) is 0 Å². The molecule has 0 amide bonds. The molecule has 0 saturated carbocycles. The van der Waals surface area contributed by atoms with Gasteiger partial charge in [-0.3, -0.25) is 0 Å². The molecule has 0 spiro atoms. The lowest BCUT2D eigenvalue weighted by Gasteiger charge is -2.05. The minimum Gasteiger partial charge on any atom is -0.464 e. The number of benzene rings is 1. The van der Waals surface area contributed by atoms with Crippen LogP contribution in [0, 0.1) is 6.92 Å². The van der Waals surface area contributed by atoms with Crippen LogP contribution in [0.1, 0.15) is 22.5 Å². The molecule has 2 heteroatoms. The second kappa shape index (κ2) is 3.89. The van der Waals surface area contributed by atoms with E-state index in [4.69, 9.17) is 16.0 Å². The summed E-state index contributed by atoms with van der Waals surface area (Å²) in [5.41, 5.74) is 1.06. The summed E-state index contributed by atoms with van der Waals surface area (Å²) >= 11 is 6.25. The maximum absolute atomic E-state index is 6.25. The number of rotatable bonds is 2. The van der Waals surface area contributed by atoms with Crippen LogP contribution in [0.3, 0.4) is 0 Å². The summed E-state index contributed by atoms with van der Waals surface area (Å²) in [7, 11) is 0. The molecule has 0 fully saturated rings. The Morgan fingerprint density at radius 1 is 1.07 bits per heavy atom. The van der Waals surface area contributed by atoms with Crippen LogP contribution in [-0.4, -0.2) is 0 Å². The van der Waals surface area contributed by atoms with Crippen molar-refractivity contribution in [1.82, 2.24) is 0 Å². The Labute approximate surface area is 88.3 Å². The summed E-state index contributed by atoms with van der Waals surface area (Å²) in [6.07, 6.45) is 0. The van der Waals surface area contributed by atoms with Gasteiger partial charge < -0.3 is 4.42 Å². The van der Waals surface area contributed by atoms with Crippen LogP contribution < -0.4 is 0 Å². The van der Waals surface area contributed by atoms with Crippen molar-refractivity contribution in [2.45, 2.75) is 12.3 Å². The first-order valence-corrected chi connectivity index (χ1v) is 4.96. The van der Waals surface area contributed by atoms with E-state index < -0.39 is 0 Å². The molecular weight excluding hydrogens is 196 g/mol. The molecule has 1 unspecified atom stereocenters. The lowest BCUT2D eigenvalue weighted by molar-refractivity contribution is 0.489. The average Bonchev–Trinajstić information content (AvgIpc) is 2.65. The number of hydrogen-bond acceptors (Lipinski definition) is 1. The first kappa shape index (κ1) is 9.35. The SMILES string of the molecule is Cc1ccc(C(Cl)c2ccccc2)o1. The summed E-state index contributed by atoms with van der Waals surface area (Å²) in [5, 5.41) is -0.190. The molecule has 2 aromatic rings. The van der Waals surface area contributed by atoms with Crippen molar-refractivity contribution in [1.29, 1.82) is 0 Å². The largest absolute Gasteiger partial charge is 0.464 e. The van der Waals surface area contributed by atoms with Crippen molar-refractivity contribution in [3.8, 4) is 0 Å². The number of aryl methyl sites for hydroxylation is 1.